The van der Waals surface area contributed by atoms with E-state index in [0.717, 1.165) is 12.6 Å². The van der Waals surface area contributed by atoms with Gasteiger partial charge in [0.25, 0.3) is 0 Å². The molecule has 1 heterocycles. The summed E-state index contributed by atoms with van der Waals surface area (Å²) in [5, 5.41) is 98.5. The zero-order valence-electron chi connectivity index (χ0n) is 42.1. The van der Waals surface area contributed by atoms with E-state index in [1.807, 2.05) is 0 Å². The van der Waals surface area contributed by atoms with Gasteiger partial charge in [-0.25, -0.2) is 0 Å². The van der Waals surface area contributed by atoms with Gasteiger partial charge < -0.3 is 103 Å². The number of rotatable bonds is 50. The Labute approximate surface area is 412 Å². The minimum Gasteiger partial charge on any atom is -0.394 e. The third-order valence-corrected chi connectivity index (χ3v) is 13.9. The fourth-order valence-corrected chi connectivity index (χ4v) is 9.65. The molecule has 0 aliphatic carbocycles. The van der Waals surface area contributed by atoms with Gasteiger partial charge in [-0.15, -0.1) is 0 Å². The van der Waals surface area contributed by atoms with Crippen LogP contribution < -0.4 is 0 Å². The van der Waals surface area contributed by atoms with Crippen molar-refractivity contribution in [3.8, 4) is 0 Å². The first-order valence-electron chi connectivity index (χ1n) is 25.1. The van der Waals surface area contributed by atoms with Crippen LogP contribution in [0, 0.1) is 0 Å². The van der Waals surface area contributed by atoms with Crippen LogP contribution in [0.1, 0.15) is 71.1 Å². The van der Waals surface area contributed by atoms with Gasteiger partial charge >= 0.3 is 0 Å². The summed E-state index contributed by atoms with van der Waals surface area (Å²) in [4.78, 5) is 0. The lowest BCUT2D eigenvalue weighted by Crippen LogP contribution is -2.41. The van der Waals surface area contributed by atoms with E-state index in [0.29, 0.717) is 6.16 Å². The second kappa shape index (κ2) is 43.9. The Bertz CT molecular complexity index is 1120. The maximum atomic E-state index is 10.8. The molecule has 1 aliphatic rings. The minimum absolute atomic E-state index is 0.0427. The van der Waals surface area contributed by atoms with Gasteiger partial charge in [-0.3, -0.25) is 0 Å². The Hall–Kier alpha value is -0.410. The van der Waals surface area contributed by atoms with E-state index in [4.69, 9.17) is 62.3 Å². The molecule has 0 amide bonds. The Morgan fingerprint density at radius 1 is 0.449 bits per heavy atom. The fourth-order valence-electron chi connectivity index (χ4n) is 7.14. The molecule has 0 aromatic carbocycles. The third-order valence-electron chi connectivity index (χ3n) is 11.0. The predicted octanol–water partition coefficient (Wildman–Crippen LogP) is -0.642. The molecule has 0 bridgehead atoms. The molecule has 0 aromatic heterocycles. The second-order valence-electron chi connectivity index (χ2n) is 18.6. The maximum Gasteiger partial charge on any atom is 0.111 e. The first kappa shape index (κ1) is 66.6. The first-order chi connectivity index (χ1) is 33.3. The molecule has 1 saturated heterocycles. The number of aliphatic hydroxyl groups excluding tert-OH is 10. The lowest BCUT2D eigenvalue weighted by Gasteiger charge is -2.29. The number of unbranched alkanes of at least 4 members (excludes halogenated alkanes) is 9. The summed E-state index contributed by atoms with van der Waals surface area (Å²) in [6.45, 7) is 3.91. The molecule has 11 atom stereocenters. The molecule has 10 N–H and O–H groups in total. The Morgan fingerprint density at radius 2 is 0.884 bits per heavy atom. The molecule has 0 radical (unpaired) electrons. The van der Waals surface area contributed by atoms with Crippen LogP contribution in [0.15, 0.2) is 0 Å². The van der Waals surface area contributed by atoms with Gasteiger partial charge in [-0.1, -0.05) is 58.3 Å². The van der Waals surface area contributed by atoms with Gasteiger partial charge in [0, 0.05) is 20.6 Å². The highest BCUT2D eigenvalue weighted by molar-refractivity contribution is 7.74. The predicted molar refractivity (Wildman–Crippen MR) is 258 cm³/mol. The van der Waals surface area contributed by atoms with Gasteiger partial charge in [-0.2, -0.15) is 0 Å². The third kappa shape index (κ3) is 37.9. The number of ether oxygens (including phenoxy) is 11. The molecule has 0 aromatic rings. The molecule has 0 spiro atoms. The van der Waals surface area contributed by atoms with Crippen molar-refractivity contribution in [2.45, 2.75) is 138 Å². The maximum absolute atomic E-state index is 10.8. The molecule has 22 heteroatoms. The SMILES string of the molecule is CCCCCCCCCCCC[P+](C)(C)CC(O)COCC(O)COC(COCC(CO)OCC(O)CO)COCC(COCC(O)COCC(O)CO)OC(CO)COCC1COCC(CO)O1. The molecule has 0 saturated carbocycles. The van der Waals surface area contributed by atoms with Gasteiger partial charge in [0.05, 0.1) is 151 Å². The molecular weight excluding hydrogens is 931 g/mol. The summed E-state index contributed by atoms with van der Waals surface area (Å²) in [7, 11) is -1.33. The molecule has 1 aliphatic heterocycles. The van der Waals surface area contributed by atoms with E-state index in [1.165, 1.54) is 57.8 Å². The van der Waals surface area contributed by atoms with Crippen molar-refractivity contribution >= 4 is 7.26 Å². The van der Waals surface area contributed by atoms with Crippen LogP contribution in [0.5, 0.6) is 0 Å². The molecule has 11 unspecified atom stereocenters. The molecule has 69 heavy (non-hydrogen) atoms. The van der Waals surface area contributed by atoms with E-state index >= 15 is 0 Å². The zero-order valence-corrected chi connectivity index (χ0v) is 43.0. The zero-order chi connectivity index (χ0) is 51.0. The van der Waals surface area contributed by atoms with Crippen molar-refractivity contribution in [1.82, 2.24) is 0 Å². The summed E-state index contributed by atoms with van der Waals surface area (Å²) < 4.78 is 62.9. The van der Waals surface area contributed by atoms with Crippen molar-refractivity contribution in [3.63, 3.8) is 0 Å². The monoisotopic (exact) mass is 1030 g/mol. The van der Waals surface area contributed by atoms with Gasteiger partial charge in [0.1, 0.15) is 67.1 Å². The topological polar surface area (TPSA) is 304 Å². The molecule has 21 nitrogen and oxygen atoms in total. The highest BCUT2D eigenvalue weighted by atomic mass is 31.2. The average molecular weight is 1030 g/mol. The number of hydrogen-bond acceptors (Lipinski definition) is 21. The van der Waals surface area contributed by atoms with Gasteiger partial charge in [0.15, 0.2) is 0 Å². The molecular formula is C47H96O21P+. The normalized spacial score (nSPS) is 19.8. The van der Waals surface area contributed by atoms with Crippen molar-refractivity contribution in [2.75, 3.05) is 164 Å². The average Bonchev–Trinajstić information content (AvgIpc) is 3.33. The number of aliphatic hydroxyl groups is 10. The fraction of sp³-hybridized carbons (Fsp3) is 1.00. The second-order valence-corrected chi connectivity index (χ2v) is 23.3. The van der Waals surface area contributed by atoms with E-state index in [9.17, 15) is 40.9 Å². The summed E-state index contributed by atoms with van der Waals surface area (Å²) in [5.74, 6) is 0. The van der Waals surface area contributed by atoms with Crippen LogP contribution in [0.25, 0.3) is 0 Å². The summed E-state index contributed by atoms with van der Waals surface area (Å²) >= 11 is 0. The summed E-state index contributed by atoms with van der Waals surface area (Å²) in [6, 6.07) is 0. The van der Waals surface area contributed by atoms with Crippen molar-refractivity contribution in [2.24, 2.45) is 0 Å². The molecule has 1 fully saturated rings. The van der Waals surface area contributed by atoms with Crippen LogP contribution in [0.4, 0.5) is 0 Å². The highest BCUT2D eigenvalue weighted by Crippen LogP contribution is 2.52. The van der Waals surface area contributed by atoms with Crippen LogP contribution in [0.2, 0.25) is 0 Å². The molecule has 1 rings (SSSR count). The van der Waals surface area contributed by atoms with Crippen LogP contribution >= 0.6 is 7.26 Å². The first-order valence-corrected chi connectivity index (χ1v) is 28.2. The van der Waals surface area contributed by atoms with Crippen molar-refractivity contribution < 1.29 is 103 Å². The summed E-state index contributed by atoms with van der Waals surface area (Å²) in [5.41, 5.74) is 0. The van der Waals surface area contributed by atoms with Crippen LogP contribution in [-0.4, -0.2) is 283 Å². The molecule has 414 valence electrons. The van der Waals surface area contributed by atoms with E-state index in [1.54, 1.807) is 0 Å². The largest absolute Gasteiger partial charge is 0.394 e. The Balaban J connectivity index is 2.79. The van der Waals surface area contributed by atoms with Crippen LogP contribution in [-0.2, 0) is 52.1 Å². The van der Waals surface area contributed by atoms with Crippen molar-refractivity contribution in [1.29, 1.82) is 0 Å². The van der Waals surface area contributed by atoms with Gasteiger partial charge in [-0.05, 0) is 12.8 Å². The van der Waals surface area contributed by atoms with E-state index in [2.05, 4.69) is 20.3 Å². The van der Waals surface area contributed by atoms with E-state index in [-0.39, 0.29) is 112 Å². The highest BCUT2D eigenvalue weighted by Gasteiger charge is 2.29. The Morgan fingerprint density at radius 3 is 1.46 bits per heavy atom. The standard InChI is InChI=1S/C47H96O21P/c1-4-5-6-7-8-9-10-11-12-13-14-69(2,3)36-41(57)24-59-23-40(56)26-66-45(30-61-27-42(17-50)65-25-38(54)16-49)31-64-35-46(32-60-22-39(55)21-58-20-37(53)15-48)67-43(18-51)28-62-33-47-34-63-29-44(19-52)68-47/h37-57H,4-36H2,1-3H3/q+1. The van der Waals surface area contributed by atoms with E-state index < -0.39 is 101 Å². The Kier molecular flexibility index (Phi) is 42.4. The smallest absolute Gasteiger partial charge is 0.111 e. The minimum atomic E-state index is -1.33. The lowest BCUT2D eigenvalue weighted by molar-refractivity contribution is -0.178. The van der Waals surface area contributed by atoms with Crippen LogP contribution in [0.3, 0.4) is 0 Å². The lowest BCUT2D eigenvalue weighted by atomic mass is 10.1. The quantitative estimate of drug-likeness (QED) is 0.0268. The summed E-state index contributed by atoms with van der Waals surface area (Å²) in [6.07, 6.45) is 5.47. The number of hydrogen-bond donors (Lipinski definition) is 10. The van der Waals surface area contributed by atoms with Crippen molar-refractivity contribution in [3.05, 3.63) is 0 Å². The van der Waals surface area contributed by atoms with Gasteiger partial charge in [0.2, 0.25) is 0 Å².